The molecule has 6 heteroatoms. The number of hydrogen-bond donors (Lipinski definition) is 3. The Labute approximate surface area is 108 Å². The summed E-state index contributed by atoms with van der Waals surface area (Å²) >= 11 is 3.26. The van der Waals surface area contributed by atoms with Crippen LogP contribution in [0.3, 0.4) is 0 Å². The van der Waals surface area contributed by atoms with Crippen molar-refractivity contribution in [2.45, 2.75) is 12.3 Å². The number of pyridine rings is 1. The zero-order valence-corrected chi connectivity index (χ0v) is 11.1. The summed E-state index contributed by atoms with van der Waals surface area (Å²) in [5.41, 5.74) is -0.664. The van der Waals surface area contributed by atoms with E-state index in [1.165, 1.54) is 0 Å². The number of aromatic nitrogens is 1. The van der Waals surface area contributed by atoms with Crippen molar-refractivity contribution in [3.05, 3.63) is 22.3 Å². The normalized spacial score (nSPS) is 11.6. The van der Waals surface area contributed by atoms with E-state index in [1.54, 1.807) is 12.3 Å². The highest BCUT2D eigenvalue weighted by atomic mass is 79.9. The average molecular weight is 306 g/mol. The van der Waals surface area contributed by atoms with Crippen molar-refractivity contribution in [2.24, 2.45) is 0 Å². The Bertz CT molecular complexity index is 360. The molecular weight excluding hydrogens is 290 g/mol. The van der Waals surface area contributed by atoms with Gasteiger partial charge in [-0.25, -0.2) is 4.98 Å². The van der Waals surface area contributed by atoms with Crippen molar-refractivity contribution in [2.75, 3.05) is 26.4 Å². The van der Waals surface area contributed by atoms with Gasteiger partial charge in [0.15, 0.2) is 0 Å². The smallest absolute Gasteiger partial charge is 0.217 e. The third-order valence-electron chi connectivity index (χ3n) is 2.58. The minimum Gasteiger partial charge on any atom is -0.478 e. The maximum Gasteiger partial charge on any atom is 0.217 e. The van der Waals surface area contributed by atoms with E-state index in [4.69, 9.17) is 4.74 Å². The molecule has 1 rings (SSSR count). The first-order valence-electron chi connectivity index (χ1n) is 5.25. The maximum atomic E-state index is 9.39. The lowest BCUT2D eigenvalue weighted by Crippen LogP contribution is -2.39. The molecule has 0 aromatic carbocycles. The highest BCUT2D eigenvalue weighted by Crippen LogP contribution is 2.32. The molecule has 0 unspecified atom stereocenters. The summed E-state index contributed by atoms with van der Waals surface area (Å²) < 4.78 is 6.03. The van der Waals surface area contributed by atoms with Gasteiger partial charge in [0, 0.05) is 16.2 Å². The summed E-state index contributed by atoms with van der Waals surface area (Å²) in [6.45, 7) is 1.06. The van der Waals surface area contributed by atoms with Gasteiger partial charge in [-0.1, -0.05) is 0 Å². The maximum absolute atomic E-state index is 9.39. The predicted octanol–water partition coefficient (Wildman–Crippen LogP) is 0.457. The van der Waals surface area contributed by atoms with Gasteiger partial charge in [0.2, 0.25) is 5.88 Å². The Hall–Kier alpha value is -0.690. The molecule has 0 spiro atoms. The third-order valence-corrected chi connectivity index (χ3v) is 3.01. The fourth-order valence-electron chi connectivity index (χ4n) is 1.46. The molecule has 1 heterocycles. The lowest BCUT2D eigenvalue weighted by molar-refractivity contribution is 0.0614. The van der Waals surface area contributed by atoms with Crippen LogP contribution in [0.2, 0.25) is 0 Å². The van der Waals surface area contributed by atoms with Crippen LogP contribution in [-0.2, 0) is 5.41 Å². The number of nitrogens with zero attached hydrogens (tertiary/aromatic N) is 1. The SMILES string of the molecule is CCOc1ncc(Br)cc1C(CO)(CO)CO. The molecular formula is C11H16BrNO4. The van der Waals surface area contributed by atoms with Crippen LogP contribution in [0.5, 0.6) is 5.88 Å². The number of hydrogen-bond acceptors (Lipinski definition) is 5. The highest BCUT2D eigenvalue weighted by Gasteiger charge is 2.34. The summed E-state index contributed by atoms with van der Waals surface area (Å²) in [7, 11) is 0. The minimum atomic E-state index is -1.15. The number of rotatable bonds is 6. The first kappa shape index (κ1) is 14.4. The molecule has 3 N–H and O–H groups in total. The van der Waals surface area contributed by atoms with Gasteiger partial charge in [-0.05, 0) is 28.9 Å². The van der Waals surface area contributed by atoms with Crippen LogP contribution in [0.25, 0.3) is 0 Å². The third kappa shape index (κ3) is 2.95. The van der Waals surface area contributed by atoms with E-state index in [2.05, 4.69) is 20.9 Å². The molecule has 17 heavy (non-hydrogen) atoms. The van der Waals surface area contributed by atoms with Gasteiger partial charge in [-0.15, -0.1) is 0 Å². The van der Waals surface area contributed by atoms with Gasteiger partial charge in [-0.2, -0.15) is 0 Å². The second kappa shape index (κ2) is 6.30. The Morgan fingerprint density at radius 3 is 2.35 bits per heavy atom. The van der Waals surface area contributed by atoms with E-state index in [1.807, 2.05) is 6.92 Å². The molecule has 0 saturated heterocycles. The Kier molecular flexibility index (Phi) is 5.32. The minimum absolute atomic E-state index is 0.313. The van der Waals surface area contributed by atoms with Gasteiger partial charge >= 0.3 is 0 Å². The number of aliphatic hydroxyl groups is 3. The molecule has 0 radical (unpaired) electrons. The van der Waals surface area contributed by atoms with Gasteiger partial charge in [-0.3, -0.25) is 0 Å². The molecule has 5 nitrogen and oxygen atoms in total. The summed E-state index contributed by atoms with van der Waals surface area (Å²) in [5.74, 6) is 0.313. The van der Waals surface area contributed by atoms with Crippen LogP contribution in [0.1, 0.15) is 12.5 Å². The van der Waals surface area contributed by atoms with Crippen LogP contribution >= 0.6 is 15.9 Å². The molecule has 0 aliphatic rings. The summed E-state index contributed by atoms with van der Waals surface area (Å²) in [4.78, 5) is 4.08. The largest absolute Gasteiger partial charge is 0.478 e. The van der Waals surface area contributed by atoms with Crippen molar-refractivity contribution < 1.29 is 20.1 Å². The van der Waals surface area contributed by atoms with Crippen molar-refractivity contribution in [1.82, 2.24) is 4.98 Å². The standard InChI is InChI=1S/C11H16BrNO4/c1-2-17-10-9(3-8(12)4-13-10)11(5-14,6-15)7-16/h3-4,14-16H,2,5-7H2,1H3. The highest BCUT2D eigenvalue weighted by molar-refractivity contribution is 9.10. The summed E-state index contributed by atoms with van der Waals surface area (Å²) in [6, 6.07) is 1.68. The Morgan fingerprint density at radius 2 is 1.88 bits per heavy atom. The molecule has 0 saturated carbocycles. The van der Waals surface area contributed by atoms with E-state index in [0.29, 0.717) is 22.5 Å². The quantitative estimate of drug-likeness (QED) is 0.711. The molecule has 1 aromatic heterocycles. The van der Waals surface area contributed by atoms with Crippen molar-refractivity contribution in [3.8, 4) is 5.88 Å². The van der Waals surface area contributed by atoms with E-state index in [9.17, 15) is 15.3 Å². The monoisotopic (exact) mass is 305 g/mol. The molecule has 0 amide bonds. The lowest BCUT2D eigenvalue weighted by Gasteiger charge is -2.29. The van der Waals surface area contributed by atoms with Crippen molar-refractivity contribution >= 4 is 15.9 Å². The van der Waals surface area contributed by atoms with Crippen LogP contribution in [0.15, 0.2) is 16.7 Å². The van der Waals surface area contributed by atoms with Gasteiger partial charge in [0.05, 0.1) is 31.8 Å². The first-order valence-corrected chi connectivity index (χ1v) is 6.04. The van der Waals surface area contributed by atoms with E-state index < -0.39 is 25.2 Å². The van der Waals surface area contributed by atoms with Gasteiger partial charge in [0.25, 0.3) is 0 Å². The zero-order chi connectivity index (χ0) is 12.9. The summed E-state index contributed by atoms with van der Waals surface area (Å²) in [6.07, 6.45) is 1.56. The van der Waals surface area contributed by atoms with E-state index in [0.717, 1.165) is 0 Å². The zero-order valence-electron chi connectivity index (χ0n) is 9.56. The molecule has 1 aromatic rings. The van der Waals surface area contributed by atoms with Crippen LogP contribution in [0.4, 0.5) is 0 Å². The van der Waals surface area contributed by atoms with Crippen LogP contribution in [-0.4, -0.2) is 46.7 Å². The van der Waals surface area contributed by atoms with Gasteiger partial charge in [0.1, 0.15) is 0 Å². The van der Waals surface area contributed by atoms with Crippen molar-refractivity contribution in [3.63, 3.8) is 0 Å². The molecule has 0 atom stereocenters. The second-order valence-corrected chi connectivity index (χ2v) is 4.61. The van der Waals surface area contributed by atoms with Gasteiger partial charge < -0.3 is 20.1 Å². The van der Waals surface area contributed by atoms with Crippen molar-refractivity contribution in [1.29, 1.82) is 0 Å². The second-order valence-electron chi connectivity index (χ2n) is 3.69. The Morgan fingerprint density at radius 1 is 1.29 bits per heavy atom. The number of halogens is 1. The number of aliphatic hydroxyl groups excluding tert-OH is 3. The fraction of sp³-hybridized carbons (Fsp3) is 0.545. The first-order chi connectivity index (χ1) is 8.13. The molecule has 96 valence electrons. The molecule has 0 fully saturated rings. The van der Waals surface area contributed by atoms with Crippen LogP contribution < -0.4 is 4.74 Å². The Balaban J connectivity index is 3.29. The predicted molar refractivity (Wildman–Crippen MR) is 66.0 cm³/mol. The topological polar surface area (TPSA) is 82.8 Å². The molecule has 0 aliphatic carbocycles. The average Bonchev–Trinajstić information content (AvgIpc) is 2.35. The molecule has 0 aliphatic heterocycles. The van der Waals surface area contributed by atoms with E-state index >= 15 is 0 Å². The summed E-state index contributed by atoms with van der Waals surface area (Å²) in [5, 5.41) is 28.2. The van der Waals surface area contributed by atoms with Crippen LogP contribution in [0, 0.1) is 0 Å². The lowest BCUT2D eigenvalue weighted by atomic mass is 9.83. The van der Waals surface area contributed by atoms with E-state index in [-0.39, 0.29) is 0 Å². The number of ether oxygens (including phenoxy) is 1. The molecule has 0 bridgehead atoms. The fourth-order valence-corrected chi connectivity index (χ4v) is 1.80.